The fourth-order valence-electron chi connectivity index (χ4n) is 1.89. The number of hydrogen-bond donors (Lipinski definition) is 2. The summed E-state index contributed by atoms with van der Waals surface area (Å²) in [7, 11) is 1.60. The van der Waals surface area contributed by atoms with Crippen molar-refractivity contribution in [2.45, 2.75) is 45.3 Å². The van der Waals surface area contributed by atoms with Crippen LogP contribution in [-0.2, 0) is 4.79 Å². The maximum absolute atomic E-state index is 12.2. The summed E-state index contributed by atoms with van der Waals surface area (Å²) in [6.45, 7) is 5.64. The van der Waals surface area contributed by atoms with E-state index in [-0.39, 0.29) is 12.5 Å². The number of carbonyl (C=O) groups is 1. The Morgan fingerprint density at radius 2 is 1.90 bits per heavy atom. The maximum Gasteiger partial charge on any atom is 0.261 e. The fourth-order valence-corrected chi connectivity index (χ4v) is 1.89. The van der Waals surface area contributed by atoms with E-state index in [0.717, 1.165) is 12.2 Å². The number of aliphatic hydroxyl groups excluding tert-OH is 1. The number of benzene rings is 1. The number of carbonyl (C=O) groups excluding carboxylic acids is 1. The van der Waals surface area contributed by atoms with E-state index in [0.29, 0.717) is 12.2 Å². The molecule has 0 saturated carbocycles. The number of nitrogens with one attached hydrogen (secondary N) is 1. The van der Waals surface area contributed by atoms with Crippen LogP contribution in [0.15, 0.2) is 24.3 Å². The summed E-state index contributed by atoms with van der Waals surface area (Å²) in [6.07, 6.45) is 0.655. The van der Waals surface area contributed by atoms with Crippen molar-refractivity contribution in [3.63, 3.8) is 0 Å². The Balaban J connectivity index is 2.61. The lowest BCUT2D eigenvalue weighted by atomic mass is 9.94. The Labute approximate surface area is 126 Å². The predicted molar refractivity (Wildman–Crippen MR) is 81.6 cm³/mol. The minimum Gasteiger partial charge on any atom is -0.497 e. The highest BCUT2D eigenvalue weighted by Crippen LogP contribution is 2.19. The van der Waals surface area contributed by atoms with Crippen LogP contribution in [0.3, 0.4) is 0 Å². The minimum absolute atomic E-state index is 0.0400. The van der Waals surface area contributed by atoms with Gasteiger partial charge in [0.25, 0.3) is 5.91 Å². The van der Waals surface area contributed by atoms with Gasteiger partial charge in [-0.3, -0.25) is 4.79 Å². The Morgan fingerprint density at radius 1 is 1.33 bits per heavy atom. The number of methoxy groups -OCH3 is 1. The third kappa shape index (κ3) is 5.27. The van der Waals surface area contributed by atoms with Gasteiger partial charge in [0.05, 0.1) is 7.11 Å². The zero-order valence-corrected chi connectivity index (χ0v) is 13.2. The van der Waals surface area contributed by atoms with Crippen LogP contribution < -0.4 is 14.8 Å². The largest absolute Gasteiger partial charge is 0.497 e. The molecule has 0 saturated heterocycles. The topological polar surface area (TPSA) is 67.8 Å². The van der Waals surface area contributed by atoms with Crippen LogP contribution >= 0.6 is 0 Å². The molecule has 0 aliphatic carbocycles. The molecule has 118 valence electrons. The highest BCUT2D eigenvalue weighted by Gasteiger charge is 2.26. The van der Waals surface area contributed by atoms with Crippen LogP contribution in [0.25, 0.3) is 0 Å². The van der Waals surface area contributed by atoms with E-state index in [4.69, 9.17) is 14.6 Å². The van der Waals surface area contributed by atoms with Crippen LogP contribution in [0.4, 0.5) is 0 Å². The monoisotopic (exact) mass is 295 g/mol. The van der Waals surface area contributed by atoms with Crippen LogP contribution in [0.5, 0.6) is 11.5 Å². The first-order valence-corrected chi connectivity index (χ1v) is 7.17. The summed E-state index contributed by atoms with van der Waals surface area (Å²) in [5.74, 6) is 1.16. The van der Waals surface area contributed by atoms with E-state index in [2.05, 4.69) is 5.32 Å². The molecule has 0 bridgehead atoms. The fraction of sp³-hybridized carbons (Fsp3) is 0.562. The van der Waals surface area contributed by atoms with Gasteiger partial charge in [0, 0.05) is 12.1 Å². The number of hydrogen-bond acceptors (Lipinski definition) is 4. The summed E-state index contributed by atoms with van der Waals surface area (Å²) < 4.78 is 10.7. The minimum atomic E-state index is -0.608. The normalized spacial score (nSPS) is 14.9. The number of aliphatic hydroxyl groups is 1. The molecule has 1 aromatic carbocycles. The lowest BCUT2D eigenvalue weighted by molar-refractivity contribution is -0.129. The van der Waals surface area contributed by atoms with Crippen molar-refractivity contribution in [3.8, 4) is 11.5 Å². The molecular formula is C16H25NO4. The van der Waals surface area contributed by atoms with Crippen molar-refractivity contribution in [1.82, 2.24) is 5.32 Å². The second-order valence-corrected chi connectivity index (χ2v) is 5.31. The standard InChI is InChI=1S/C16H25NO4/c1-5-16(3,10-11-18)17-15(19)12(2)21-14-8-6-13(20-4)7-9-14/h6-9,12,18H,5,10-11H2,1-4H3,(H,17,19). The molecule has 21 heavy (non-hydrogen) atoms. The van der Waals surface area contributed by atoms with Crippen molar-refractivity contribution in [3.05, 3.63) is 24.3 Å². The van der Waals surface area contributed by atoms with Gasteiger partial charge in [0.15, 0.2) is 6.10 Å². The Kier molecular flexibility index (Phi) is 6.49. The second-order valence-electron chi connectivity index (χ2n) is 5.31. The molecule has 0 radical (unpaired) electrons. The van der Waals surface area contributed by atoms with Gasteiger partial charge >= 0.3 is 0 Å². The van der Waals surface area contributed by atoms with Crippen molar-refractivity contribution in [1.29, 1.82) is 0 Å². The Morgan fingerprint density at radius 3 is 2.38 bits per heavy atom. The summed E-state index contributed by atoms with van der Waals surface area (Å²) in [4.78, 5) is 12.2. The van der Waals surface area contributed by atoms with Crippen LogP contribution in [0.2, 0.25) is 0 Å². The average molecular weight is 295 g/mol. The summed E-state index contributed by atoms with van der Waals surface area (Å²) in [6, 6.07) is 7.08. The average Bonchev–Trinajstić information content (AvgIpc) is 2.48. The van der Waals surface area contributed by atoms with E-state index >= 15 is 0 Å². The van der Waals surface area contributed by atoms with Gasteiger partial charge < -0.3 is 19.9 Å². The molecule has 2 unspecified atom stereocenters. The van der Waals surface area contributed by atoms with Crippen molar-refractivity contribution in [2.75, 3.05) is 13.7 Å². The molecule has 2 N–H and O–H groups in total. The van der Waals surface area contributed by atoms with E-state index < -0.39 is 11.6 Å². The van der Waals surface area contributed by atoms with Gasteiger partial charge in [-0.15, -0.1) is 0 Å². The highest BCUT2D eigenvalue weighted by molar-refractivity contribution is 5.81. The molecule has 0 aromatic heterocycles. The van der Waals surface area contributed by atoms with E-state index in [9.17, 15) is 4.79 Å². The molecule has 0 aliphatic rings. The third-order valence-electron chi connectivity index (χ3n) is 3.61. The zero-order chi connectivity index (χ0) is 15.9. The van der Waals surface area contributed by atoms with E-state index in [1.54, 1.807) is 38.3 Å². The van der Waals surface area contributed by atoms with E-state index in [1.165, 1.54) is 0 Å². The summed E-state index contributed by atoms with van der Waals surface area (Å²) in [5, 5.41) is 12.0. The molecule has 5 nitrogen and oxygen atoms in total. The summed E-state index contributed by atoms with van der Waals surface area (Å²) >= 11 is 0. The number of rotatable bonds is 8. The summed E-state index contributed by atoms with van der Waals surface area (Å²) in [5.41, 5.74) is -0.413. The molecule has 2 atom stereocenters. The Hall–Kier alpha value is -1.75. The SMILES string of the molecule is CCC(C)(CCO)NC(=O)C(C)Oc1ccc(OC)cc1. The van der Waals surface area contributed by atoms with Crippen molar-refractivity contribution >= 4 is 5.91 Å². The first-order chi connectivity index (χ1) is 9.94. The van der Waals surface area contributed by atoms with Gasteiger partial charge in [-0.25, -0.2) is 0 Å². The van der Waals surface area contributed by atoms with Gasteiger partial charge in [0.1, 0.15) is 11.5 Å². The smallest absolute Gasteiger partial charge is 0.261 e. The van der Waals surface area contributed by atoms with Gasteiger partial charge in [-0.2, -0.15) is 0 Å². The number of ether oxygens (including phenoxy) is 2. The number of amides is 1. The van der Waals surface area contributed by atoms with Crippen LogP contribution in [0.1, 0.15) is 33.6 Å². The van der Waals surface area contributed by atoms with E-state index in [1.807, 2.05) is 13.8 Å². The first kappa shape index (κ1) is 17.3. The lowest BCUT2D eigenvalue weighted by Crippen LogP contribution is -2.50. The molecule has 0 aliphatic heterocycles. The Bertz CT molecular complexity index is 446. The third-order valence-corrected chi connectivity index (χ3v) is 3.61. The van der Waals surface area contributed by atoms with Gasteiger partial charge in [0.2, 0.25) is 0 Å². The van der Waals surface area contributed by atoms with Gasteiger partial charge in [-0.1, -0.05) is 6.92 Å². The zero-order valence-electron chi connectivity index (χ0n) is 13.2. The first-order valence-electron chi connectivity index (χ1n) is 7.17. The molecular weight excluding hydrogens is 270 g/mol. The molecule has 1 rings (SSSR count). The molecule has 0 spiro atoms. The molecule has 1 amide bonds. The quantitative estimate of drug-likeness (QED) is 0.771. The molecule has 0 fully saturated rings. The van der Waals surface area contributed by atoms with Crippen LogP contribution in [-0.4, -0.2) is 36.4 Å². The molecule has 1 aromatic rings. The predicted octanol–water partition coefficient (Wildman–Crippen LogP) is 2.13. The molecule has 0 heterocycles. The lowest BCUT2D eigenvalue weighted by Gasteiger charge is -2.30. The molecule has 5 heteroatoms. The van der Waals surface area contributed by atoms with Crippen molar-refractivity contribution < 1.29 is 19.4 Å². The van der Waals surface area contributed by atoms with Gasteiger partial charge in [-0.05, 0) is 51.0 Å². The highest BCUT2D eigenvalue weighted by atomic mass is 16.5. The van der Waals surface area contributed by atoms with Crippen molar-refractivity contribution in [2.24, 2.45) is 0 Å². The second kappa shape index (κ2) is 7.88. The maximum atomic E-state index is 12.2. The van der Waals surface area contributed by atoms with Crippen LogP contribution in [0, 0.1) is 0 Å².